The minimum absolute atomic E-state index is 0.276. The number of carbonyl (C=O) groups is 1. The van der Waals surface area contributed by atoms with Crippen LogP contribution in [0, 0.1) is 5.82 Å². The van der Waals surface area contributed by atoms with Crippen molar-refractivity contribution in [2.45, 2.75) is 6.42 Å². The number of nitrogens with two attached hydrogens (primary N) is 1. The lowest BCUT2D eigenvalue weighted by Gasteiger charge is -2.09. The highest BCUT2D eigenvalue weighted by molar-refractivity contribution is 6.34. The number of hydrogen-bond acceptors (Lipinski definition) is 2. The van der Waals surface area contributed by atoms with Crippen molar-refractivity contribution in [1.29, 1.82) is 0 Å². The number of anilines is 1. The molecular weight excluding hydrogens is 279 g/mol. The number of amides is 1. The van der Waals surface area contributed by atoms with E-state index in [9.17, 15) is 9.18 Å². The number of nitrogens with one attached hydrogen (secondary N) is 1. The zero-order valence-corrected chi connectivity index (χ0v) is 11.5. The predicted molar refractivity (Wildman–Crippen MR) is 78.3 cm³/mol. The smallest absolute Gasteiger partial charge is 0.254 e. The Hall–Kier alpha value is -2.07. The zero-order chi connectivity index (χ0) is 14.5. The second kappa shape index (κ2) is 6.39. The van der Waals surface area contributed by atoms with Crippen LogP contribution in [0.15, 0.2) is 42.5 Å². The number of halogens is 2. The largest absolute Gasteiger partial charge is 0.398 e. The molecule has 3 N–H and O–H groups in total. The maximum Gasteiger partial charge on any atom is 0.254 e. The van der Waals surface area contributed by atoms with Crippen molar-refractivity contribution in [2.75, 3.05) is 12.3 Å². The van der Waals surface area contributed by atoms with E-state index >= 15 is 0 Å². The lowest BCUT2D eigenvalue weighted by atomic mass is 10.1. The summed E-state index contributed by atoms with van der Waals surface area (Å²) in [7, 11) is 0. The summed E-state index contributed by atoms with van der Waals surface area (Å²) in [6.45, 7) is 0.426. The molecule has 0 radical (unpaired) electrons. The maximum atomic E-state index is 12.7. The minimum Gasteiger partial charge on any atom is -0.398 e. The summed E-state index contributed by atoms with van der Waals surface area (Å²) in [4.78, 5) is 12.0. The fraction of sp³-hybridized carbons (Fsp3) is 0.133. The molecule has 0 aliphatic heterocycles. The molecule has 0 saturated carbocycles. The van der Waals surface area contributed by atoms with Gasteiger partial charge >= 0.3 is 0 Å². The summed E-state index contributed by atoms with van der Waals surface area (Å²) in [6, 6.07) is 11.1. The van der Waals surface area contributed by atoms with E-state index in [1.165, 1.54) is 12.1 Å². The molecule has 3 nitrogen and oxygen atoms in total. The second-order valence-corrected chi connectivity index (χ2v) is 4.74. The molecule has 1 amide bonds. The molecule has 5 heteroatoms. The summed E-state index contributed by atoms with van der Waals surface area (Å²) in [5.41, 5.74) is 7.31. The van der Waals surface area contributed by atoms with Gasteiger partial charge in [0.1, 0.15) is 5.82 Å². The van der Waals surface area contributed by atoms with E-state index in [2.05, 4.69) is 5.32 Å². The molecule has 2 rings (SSSR count). The van der Waals surface area contributed by atoms with Crippen LogP contribution in [0.2, 0.25) is 5.02 Å². The summed E-state index contributed by atoms with van der Waals surface area (Å²) in [6.07, 6.45) is 0.608. The molecule has 0 heterocycles. The van der Waals surface area contributed by atoms with Crippen LogP contribution in [0.5, 0.6) is 0 Å². The maximum absolute atomic E-state index is 12.7. The molecule has 20 heavy (non-hydrogen) atoms. The Morgan fingerprint density at radius 3 is 2.55 bits per heavy atom. The topological polar surface area (TPSA) is 55.1 Å². The molecule has 0 fully saturated rings. The van der Waals surface area contributed by atoms with Gasteiger partial charge in [0, 0.05) is 12.2 Å². The number of nitrogen functional groups attached to an aromatic ring is 1. The van der Waals surface area contributed by atoms with E-state index in [1.807, 2.05) is 0 Å². The van der Waals surface area contributed by atoms with E-state index < -0.39 is 0 Å². The number of carbonyl (C=O) groups excluding carboxylic acids is 1. The van der Waals surface area contributed by atoms with E-state index in [1.54, 1.807) is 30.3 Å². The van der Waals surface area contributed by atoms with Gasteiger partial charge in [-0.15, -0.1) is 0 Å². The van der Waals surface area contributed by atoms with E-state index in [0.29, 0.717) is 23.7 Å². The van der Waals surface area contributed by atoms with Gasteiger partial charge in [-0.2, -0.15) is 0 Å². The molecule has 0 aliphatic rings. The van der Waals surface area contributed by atoms with E-state index in [-0.39, 0.29) is 17.3 Å². The Morgan fingerprint density at radius 2 is 1.90 bits per heavy atom. The summed E-state index contributed by atoms with van der Waals surface area (Å²) in [5.74, 6) is -0.586. The number of hydrogen-bond donors (Lipinski definition) is 2. The van der Waals surface area contributed by atoms with Gasteiger partial charge in [0.2, 0.25) is 0 Å². The zero-order valence-electron chi connectivity index (χ0n) is 10.7. The lowest BCUT2D eigenvalue weighted by Crippen LogP contribution is -2.26. The minimum atomic E-state index is -0.310. The average Bonchev–Trinajstić information content (AvgIpc) is 2.41. The third-order valence-corrected chi connectivity index (χ3v) is 3.20. The Morgan fingerprint density at radius 1 is 1.20 bits per heavy atom. The highest BCUT2D eigenvalue weighted by atomic mass is 35.5. The lowest BCUT2D eigenvalue weighted by molar-refractivity contribution is 0.0955. The van der Waals surface area contributed by atoms with Crippen LogP contribution < -0.4 is 11.1 Å². The summed E-state index contributed by atoms with van der Waals surface area (Å²) in [5, 5.41) is 3.07. The van der Waals surface area contributed by atoms with Crippen molar-refractivity contribution < 1.29 is 9.18 Å². The molecule has 0 spiro atoms. The molecular formula is C15H14ClFN2O. The van der Waals surface area contributed by atoms with Crippen molar-refractivity contribution >= 4 is 23.2 Å². The third kappa shape index (κ3) is 3.48. The van der Waals surface area contributed by atoms with Crippen LogP contribution in [-0.4, -0.2) is 12.5 Å². The van der Waals surface area contributed by atoms with Crippen molar-refractivity contribution in [3.63, 3.8) is 0 Å². The quantitative estimate of drug-likeness (QED) is 0.851. The molecule has 2 aromatic rings. The van der Waals surface area contributed by atoms with Crippen LogP contribution in [0.3, 0.4) is 0 Å². The van der Waals surface area contributed by atoms with Gasteiger partial charge in [0.15, 0.2) is 0 Å². The van der Waals surface area contributed by atoms with Crippen molar-refractivity contribution in [3.05, 3.63) is 64.4 Å². The predicted octanol–water partition coefficient (Wildman–Crippen LogP) is 3.03. The normalized spacial score (nSPS) is 10.3. The van der Waals surface area contributed by atoms with E-state index in [4.69, 9.17) is 17.3 Å². The first-order valence-corrected chi connectivity index (χ1v) is 6.52. The van der Waals surface area contributed by atoms with Crippen LogP contribution in [0.25, 0.3) is 0 Å². The third-order valence-electron chi connectivity index (χ3n) is 2.89. The van der Waals surface area contributed by atoms with Crippen molar-refractivity contribution in [2.24, 2.45) is 0 Å². The van der Waals surface area contributed by atoms with Gasteiger partial charge in [-0.3, -0.25) is 4.79 Å². The Balaban J connectivity index is 1.94. The van der Waals surface area contributed by atoms with Crippen LogP contribution in [0.4, 0.5) is 10.1 Å². The summed E-state index contributed by atoms with van der Waals surface area (Å²) >= 11 is 5.96. The fourth-order valence-electron chi connectivity index (χ4n) is 1.84. The highest BCUT2D eigenvalue weighted by Gasteiger charge is 2.12. The van der Waals surface area contributed by atoms with Gasteiger partial charge in [-0.1, -0.05) is 29.8 Å². The second-order valence-electron chi connectivity index (χ2n) is 4.34. The molecule has 2 aromatic carbocycles. The highest BCUT2D eigenvalue weighted by Crippen LogP contribution is 2.21. The SMILES string of the molecule is Nc1cccc(Cl)c1C(=O)NCCc1ccc(F)cc1. The standard InChI is InChI=1S/C15H14ClFN2O/c16-12-2-1-3-13(18)14(12)15(20)19-9-8-10-4-6-11(17)7-5-10/h1-7H,8-9,18H2,(H,19,20). The first-order valence-electron chi connectivity index (χ1n) is 6.14. The van der Waals surface area contributed by atoms with Crippen molar-refractivity contribution in [1.82, 2.24) is 5.32 Å². The van der Waals surface area contributed by atoms with Gasteiger partial charge in [0.05, 0.1) is 10.6 Å². The van der Waals surface area contributed by atoms with Crippen LogP contribution >= 0.6 is 11.6 Å². The molecule has 0 bridgehead atoms. The number of benzene rings is 2. The first kappa shape index (κ1) is 14.3. The molecule has 0 saturated heterocycles. The molecule has 0 atom stereocenters. The van der Waals surface area contributed by atoms with Crippen molar-refractivity contribution in [3.8, 4) is 0 Å². The molecule has 0 unspecified atom stereocenters. The fourth-order valence-corrected chi connectivity index (χ4v) is 2.11. The van der Waals surface area contributed by atoms with Gasteiger partial charge in [-0.25, -0.2) is 4.39 Å². The van der Waals surface area contributed by atoms with Crippen LogP contribution in [0.1, 0.15) is 15.9 Å². The molecule has 0 aliphatic carbocycles. The van der Waals surface area contributed by atoms with Gasteiger partial charge < -0.3 is 11.1 Å². The van der Waals surface area contributed by atoms with Gasteiger partial charge in [-0.05, 0) is 36.2 Å². The van der Waals surface area contributed by atoms with Crippen LogP contribution in [-0.2, 0) is 6.42 Å². The van der Waals surface area contributed by atoms with E-state index in [0.717, 1.165) is 5.56 Å². The molecule has 0 aromatic heterocycles. The number of rotatable bonds is 4. The Kier molecular flexibility index (Phi) is 4.58. The Labute approximate surface area is 121 Å². The summed E-state index contributed by atoms with van der Waals surface area (Å²) < 4.78 is 12.7. The molecule has 104 valence electrons. The monoisotopic (exact) mass is 292 g/mol. The average molecular weight is 293 g/mol. The van der Waals surface area contributed by atoms with Gasteiger partial charge in [0.25, 0.3) is 5.91 Å². The first-order chi connectivity index (χ1) is 9.58. The Bertz CT molecular complexity index is 594.